The van der Waals surface area contributed by atoms with E-state index in [4.69, 9.17) is 11.5 Å². The van der Waals surface area contributed by atoms with Crippen LogP contribution in [0.3, 0.4) is 0 Å². The van der Waals surface area contributed by atoms with E-state index in [0.717, 1.165) is 38.8 Å². The normalized spacial score (nSPS) is 14.4. The molecule has 0 aliphatic carbocycles. The Balaban J connectivity index is 1.55. The first-order chi connectivity index (χ1) is 17.0. The molecule has 0 radical (unpaired) electrons. The molecule has 4 aromatic rings. The average molecular weight is 481 g/mol. The zero-order valence-corrected chi connectivity index (χ0v) is 21.7. The second-order valence-corrected chi connectivity index (χ2v) is 13.5. The summed E-state index contributed by atoms with van der Waals surface area (Å²) in [6, 6.07) is 32.1. The highest BCUT2D eigenvalue weighted by molar-refractivity contribution is 8.33. The van der Waals surface area contributed by atoms with Gasteiger partial charge >= 0.3 is 0 Å². The number of fused-ring (bicyclic) bond motifs is 3. The van der Waals surface area contributed by atoms with Crippen molar-refractivity contribution < 1.29 is 0 Å². The summed E-state index contributed by atoms with van der Waals surface area (Å²) in [6.45, 7) is 1.46. The molecule has 0 aromatic heterocycles. The molecule has 4 aromatic carbocycles. The Morgan fingerprint density at radius 3 is 1.40 bits per heavy atom. The van der Waals surface area contributed by atoms with Gasteiger partial charge in [-0.3, -0.25) is 0 Å². The predicted molar refractivity (Wildman–Crippen MR) is 153 cm³/mol. The number of aryl methyl sites for hydroxylation is 2. The van der Waals surface area contributed by atoms with Gasteiger partial charge in [-0.2, -0.15) is 10.0 Å². The van der Waals surface area contributed by atoms with Crippen molar-refractivity contribution in [2.75, 3.05) is 25.6 Å². The van der Waals surface area contributed by atoms with Crippen LogP contribution in [0.5, 0.6) is 0 Å². The van der Waals surface area contributed by atoms with Gasteiger partial charge in [-0.25, -0.2) is 0 Å². The standard InChI is InChI=1S/C32H36N2S/c1-35(2)31-15-13-27(25-11-3-7-23(19-25)9-5-17-33)21-29(31)30-22-28(14-16-32(30)35)26-12-4-8-24(20-26)10-6-18-34/h3-4,7-8,11-16,19-22H,5-6,9-10,17-18,33-34H2,1-2H3. The fourth-order valence-electron chi connectivity index (χ4n) is 5.27. The maximum absolute atomic E-state index is 5.74. The first-order valence-corrected chi connectivity index (χ1v) is 15.1. The van der Waals surface area contributed by atoms with Crippen molar-refractivity contribution in [1.82, 2.24) is 0 Å². The molecule has 3 heteroatoms. The minimum absolute atomic E-state index is 0.732. The highest BCUT2D eigenvalue weighted by atomic mass is 32.3. The van der Waals surface area contributed by atoms with Crippen LogP contribution in [0.4, 0.5) is 0 Å². The lowest BCUT2D eigenvalue weighted by Gasteiger charge is -2.28. The van der Waals surface area contributed by atoms with E-state index in [0.29, 0.717) is 0 Å². The van der Waals surface area contributed by atoms with Crippen LogP contribution in [0.15, 0.2) is 94.7 Å². The summed E-state index contributed by atoms with van der Waals surface area (Å²) in [5.74, 6) is 0. The molecule has 35 heavy (non-hydrogen) atoms. The van der Waals surface area contributed by atoms with Crippen molar-refractivity contribution in [2.45, 2.75) is 35.5 Å². The summed E-state index contributed by atoms with van der Waals surface area (Å²) in [6.07, 6.45) is 8.96. The second-order valence-electron chi connectivity index (χ2n) is 9.93. The SMILES string of the molecule is CS1(C)c2ccc(-c3cccc(CCCN)c3)cc2-c2cc(-c3cccc(CCCN)c3)ccc21. The van der Waals surface area contributed by atoms with E-state index in [-0.39, 0.29) is 0 Å². The van der Waals surface area contributed by atoms with Gasteiger partial charge in [0.1, 0.15) is 0 Å². The number of benzene rings is 4. The molecule has 0 saturated carbocycles. The smallest absolute Gasteiger partial charge is 0.00158 e. The molecular formula is C32H36N2S. The van der Waals surface area contributed by atoms with Crippen LogP contribution in [-0.2, 0) is 12.8 Å². The third kappa shape index (κ3) is 4.69. The van der Waals surface area contributed by atoms with E-state index in [1.807, 2.05) is 0 Å². The topological polar surface area (TPSA) is 52.0 Å². The Kier molecular flexibility index (Phi) is 6.84. The summed E-state index contributed by atoms with van der Waals surface area (Å²) in [7, 11) is -1.03. The summed E-state index contributed by atoms with van der Waals surface area (Å²) >= 11 is 0. The zero-order valence-electron chi connectivity index (χ0n) is 20.9. The molecule has 180 valence electrons. The van der Waals surface area contributed by atoms with Crippen molar-refractivity contribution in [3.8, 4) is 33.4 Å². The molecular weight excluding hydrogens is 444 g/mol. The van der Waals surface area contributed by atoms with Crippen molar-refractivity contribution >= 4 is 10.0 Å². The van der Waals surface area contributed by atoms with E-state index in [9.17, 15) is 0 Å². The van der Waals surface area contributed by atoms with Gasteiger partial charge in [0.25, 0.3) is 0 Å². The minimum atomic E-state index is -1.03. The molecule has 0 fully saturated rings. The minimum Gasteiger partial charge on any atom is -0.330 e. The first kappa shape index (κ1) is 23.9. The number of hydrogen-bond donors (Lipinski definition) is 2. The molecule has 0 bridgehead atoms. The molecule has 4 N–H and O–H groups in total. The Morgan fingerprint density at radius 2 is 0.971 bits per heavy atom. The first-order valence-electron chi connectivity index (χ1n) is 12.6. The van der Waals surface area contributed by atoms with Crippen LogP contribution >= 0.6 is 10.0 Å². The molecule has 0 atom stereocenters. The quantitative estimate of drug-likeness (QED) is 0.279. The van der Waals surface area contributed by atoms with Crippen LogP contribution in [0, 0.1) is 0 Å². The van der Waals surface area contributed by atoms with Gasteiger partial charge in [0, 0.05) is 9.79 Å². The molecule has 0 spiro atoms. The lowest BCUT2D eigenvalue weighted by molar-refractivity contribution is 0.833. The Morgan fingerprint density at radius 1 is 0.543 bits per heavy atom. The van der Waals surface area contributed by atoms with E-state index in [2.05, 4.69) is 97.4 Å². The van der Waals surface area contributed by atoms with Gasteiger partial charge in [-0.05, 0) is 120 Å². The summed E-state index contributed by atoms with van der Waals surface area (Å²) in [5, 5.41) is 0. The molecule has 2 nitrogen and oxygen atoms in total. The van der Waals surface area contributed by atoms with Crippen molar-refractivity contribution in [2.24, 2.45) is 11.5 Å². The average Bonchev–Trinajstić information content (AvgIpc) is 3.12. The van der Waals surface area contributed by atoms with E-state index in [1.165, 1.54) is 54.3 Å². The second kappa shape index (κ2) is 10.0. The molecule has 0 saturated heterocycles. The Hall–Kier alpha value is -2.85. The van der Waals surface area contributed by atoms with E-state index >= 15 is 0 Å². The van der Waals surface area contributed by atoms with E-state index < -0.39 is 10.0 Å². The van der Waals surface area contributed by atoms with Crippen molar-refractivity contribution in [3.05, 3.63) is 96.1 Å². The highest BCUT2D eigenvalue weighted by Gasteiger charge is 2.32. The summed E-state index contributed by atoms with van der Waals surface area (Å²) < 4.78 is 0. The summed E-state index contributed by atoms with van der Waals surface area (Å²) in [5.41, 5.74) is 22.1. The fraction of sp³-hybridized carbons (Fsp3) is 0.250. The van der Waals surface area contributed by atoms with Gasteiger partial charge in [0.2, 0.25) is 0 Å². The molecule has 0 amide bonds. The molecule has 0 unspecified atom stereocenters. The number of hydrogen-bond acceptors (Lipinski definition) is 2. The monoisotopic (exact) mass is 480 g/mol. The van der Waals surface area contributed by atoms with Crippen LogP contribution in [0.2, 0.25) is 0 Å². The third-order valence-electron chi connectivity index (χ3n) is 7.21. The Labute approximate surface area is 211 Å². The van der Waals surface area contributed by atoms with Crippen LogP contribution in [0.25, 0.3) is 33.4 Å². The van der Waals surface area contributed by atoms with Gasteiger partial charge in [0.15, 0.2) is 0 Å². The van der Waals surface area contributed by atoms with E-state index in [1.54, 1.807) is 0 Å². The van der Waals surface area contributed by atoms with Gasteiger partial charge in [-0.1, -0.05) is 60.7 Å². The third-order valence-corrected chi connectivity index (χ3v) is 10.1. The highest BCUT2D eigenvalue weighted by Crippen LogP contribution is 2.67. The van der Waals surface area contributed by atoms with Crippen LogP contribution in [0.1, 0.15) is 24.0 Å². The van der Waals surface area contributed by atoms with Crippen LogP contribution in [-0.4, -0.2) is 25.6 Å². The van der Waals surface area contributed by atoms with Gasteiger partial charge in [0.05, 0.1) is 0 Å². The predicted octanol–water partition coefficient (Wildman–Crippen LogP) is 7.27. The molecule has 1 aliphatic heterocycles. The molecule has 1 heterocycles. The lowest BCUT2D eigenvalue weighted by Crippen LogP contribution is -2.00. The van der Waals surface area contributed by atoms with Crippen molar-refractivity contribution in [3.63, 3.8) is 0 Å². The van der Waals surface area contributed by atoms with Crippen molar-refractivity contribution in [1.29, 1.82) is 0 Å². The van der Waals surface area contributed by atoms with Gasteiger partial charge < -0.3 is 11.5 Å². The summed E-state index contributed by atoms with van der Waals surface area (Å²) in [4.78, 5) is 2.98. The Bertz CT molecular complexity index is 1250. The maximum atomic E-state index is 5.74. The number of rotatable bonds is 8. The fourth-order valence-corrected chi connectivity index (χ4v) is 7.76. The largest absolute Gasteiger partial charge is 0.330 e. The maximum Gasteiger partial charge on any atom is 0.00158 e. The van der Waals surface area contributed by atoms with Gasteiger partial charge in [-0.15, -0.1) is 0 Å². The molecule has 5 rings (SSSR count). The number of nitrogens with two attached hydrogens (primary N) is 2. The van der Waals surface area contributed by atoms with Crippen LogP contribution < -0.4 is 11.5 Å². The lowest BCUT2D eigenvalue weighted by atomic mass is 9.94. The zero-order chi connectivity index (χ0) is 24.4. The molecule has 1 aliphatic rings.